The zero-order valence-electron chi connectivity index (χ0n) is 14.4. The fourth-order valence-corrected chi connectivity index (χ4v) is 3.96. The maximum atomic E-state index is 14.9. The quantitative estimate of drug-likeness (QED) is 0.686. The molecular formula is C19H10F7NO2. The molecule has 0 bridgehead atoms. The number of ether oxygens (including phenoxy) is 1. The Morgan fingerprint density at radius 1 is 1.10 bits per heavy atom. The van der Waals surface area contributed by atoms with Gasteiger partial charge in [0.25, 0.3) is 0 Å². The molecule has 4 rings (SSSR count). The average molecular weight is 417 g/mol. The van der Waals surface area contributed by atoms with Gasteiger partial charge in [0, 0.05) is 22.8 Å². The summed E-state index contributed by atoms with van der Waals surface area (Å²) in [6, 6.07) is 5.46. The molecular weight excluding hydrogens is 407 g/mol. The lowest BCUT2D eigenvalue weighted by Crippen LogP contribution is -2.58. The van der Waals surface area contributed by atoms with Crippen LogP contribution in [-0.4, -0.2) is 16.7 Å². The standard InChI is InChI=1S/C19H10F7NO2/c1-16(22)17(28)14-11(18(16,23)24)2-3-12(13(14)15(21)19(17,25)26)29-10-5-8(7-27)4-9(20)6-10/h2-6,15,28H,1H3. The Labute approximate surface area is 158 Å². The third kappa shape index (κ3) is 2.06. The Balaban J connectivity index is 1.96. The van der Waals surface area contributed by atoms with Gasteiger partial charge in [0.2, 0.25) is 5.67 Å². The van der Waals surface area contributed by atoms with Crippen molar-refractivity contribution in [2.75, 3.05) is 0 Å². The first-order valence-corrected chi connectivity index (χ1v) is 8.18. The predicted molar refractivity (Wildman–Crippen MR) is 83.7 cm³/mol. The lowest BCUT2D eigenvalue weighted by molar-refractivity contribution is -0.297. The number of nitriles is 1. The number of rotatable bonds is 2. The van der Waals surface area contributed by atoms with Crippen LogP contribution in [-0.2, 0) is 11.5 Å². The van der Waals surface area contributed by atoms with Crippen LogP contribution >= 0.6 is 0 Å². The molecule has 0 amide bonds. The summed E-state index contributed by atoms with van der Waals surface area (Å²) in [6.07, 6.45) is -3.37. The molecule has 0 heterocycles. The van der Waals surface area contributed by atoms with E-state index >= 15 is 0 Å². The SMILES string of the molecule is CC1(F)C(F)(F)c2ccc(Oc3cc(F)cc(C#N)c3)c3c2C1(O)C(F)(F)C3F. The summed E-state index contributed by atoms with van der Waals surface area (Å²) in [7, 11) is 0. The number of benzene rings is 2. The summed E-state index contributed by atoms with van der Waals surface area (Å²) >= 11 is 0. The number of nitrogens with zero attached hydrogens (tertiary/aromatic N) is 1. The second-order valence-corrected chi connectivity index (χ2v) is 7.06. The number of alkyl halides is 6. The Morgan fingerprint density at radius 2 is 1.76 bits per heavy atom. The maximum Gasteiger partial charge on any atom is 0.318 e. The molecule has 0 fully saturated rings. The summed E-state index contributed by atoms with van der Waals surface area (Å²) in [6.45, 7) is 0.0784. The van der Waals surface area contributed by atoms with Gasteiger partial charge in [0.1, 0.15) is 17.3 Å². The molecule has 0 spiro atoms. The van der Waals surface area contributed by atoms with Crippen LogP contribution in [0, 0.1) is 17.1 Å². The minimum atomic E-state index is -4.94. The largest absolute Gasteiger partial charge is 0.457 e. The summed E-state index contributed by atoms with van der Waals surface area (Å²) in [4.78, 5) is 0. The molecule has 0 saturated heterocycles. The molecule has 152 valence electrons. The first kappa shape index (κ1) is 19.5. The van der Waals surface area contributed by atoms with Crippen LogP contribution in [0.2, 0.25) is 0 Å². The van der Waals surface area contributed by atoms with Crippen molar-refractivity contribution in [3.8, 4) is 17.6 Å². The summed E-state index contributed by atoms with van der Waals surface area (Å²) in [5, 5.41) is 19.2. The molecule has 0 saturated carbocycles. The summed E-state index contributed by atoms with van der Waals surface area (Å²) in [5.74, 6) is -11.6. The predicted octanol–water partition coefficient (Wildman–Crippen LogP) is 5.17. The van der Waals surface area contributed by atoms with E-state index in [1.807, 2.05) is 0 Å². The molecule has 2 aromatic carbocycles. The molecule has 29 heavy (non-hydrogen) atoms. The van der Waals surface area contributed by atoms with Crippen LogP contribution in [0.25, 0.3) is 0 Å². The number of hydrogen-bond donors (Lipinski definition) is 1. The zero-order chi connectivity index (χ0) is 21.6. The second kappa shape index (κ2) is 5.42. The van der Waals surface area contributed by atoms with Gasteiger partial charge in [-0.15, -0.1) is 0 Å². The van der Waals surface area contributed by atoms with E-state index in [1.54, 1.807) is 6.07 Å². The fraction of sp³-hybridized carbons (Fsp3) is 0.316. The monoisotopic (exact) mass is 417 g/mol. The van der Waals surface area contributed by atoms with Crippen molar-refractivity contribution in [3.63, 3.8) is 0 Å². The highest BCUT2D eigenvalue weighted by atomic mass is 19.3. The Hall–Kier alpha value is -2.80. The highest BCUT2D eigenvalue weighted by molar-refractivity contribution is 5.63. The van der Waals surface area contributed by atoms with Crippen molar-refractivity contribution in [1.29, 1.82) is 5.26 Å². The van der Waals surface area contributed by atoms with E-state index in [9.17, 15) is 35.8 Å². The van der Waals surface area contributed by atoms with Crippen LogP contribution in [0.15, 0.2) is 30.3 Å². The molecule has 1 N–H and O–H groups in total. The normalized spacial score (nSPS) is 30.7. The van der Waals surface area contributed by atoms with Crippen molar-refractivity contribution in [1.82, 2.24) is 0 Å². The molecule has 3 unspecified atom stereocenters. The van der Waals surface area contributed by atoms with E-state index in [2.05, 4.69) is 0 Å². The minimum absolute atomic E-state index is 0.0784. The molecule has 2 aliphatic rings. The maximum absolute atomic E-state index is 14.9. The zero-order valence-corrected chi connectivity index (χ0v) is 14.4. The molecule has 2 aliphatic carbocycles. The van der Waals surface area contributed by atoms with Crippen LogP contribution in [0.1, 0.15) is 35.3 Å². The van der Waals surface area contributed by atoms with Gasteiger partial charge in [0.15, 0.2) is 11.8 Å². The topological polar surface area (TPSA) is 53.2 Å². The molecule has 10 heteroatoms. The first-order valence-electron chi connectivity index (χ1n) is 8.18. The highest BCUT2D eigenvalue weighted by Gasteiger charge is 2.85. The van der Waals surface area contributed by atoms with E-state index in [1.165, 1.54) is 0 Å². The van der Waals surface area contributed by atoms with Crippen molar-refractivity contribution in [2.45, 2.75) is 36.2 Å². The molecule has 0 aliphatic heterocycles. The second-order valence-electron chi connectivity index (χ2n) is 7.06. The smallest absolute Gasteiger partial charge is 0.318 e. The summed E-state index contributed by atoms with van der Waals surface area (Å²) in [5.41, 5.74) is -12.3. The Morgan fingerprint density at radius 3 is 2.38 bits per heavy atom. The lowest BCUT2D eigenvalue weighted by atomic mass is 9.82. The van der Waals surface area contributed by atoms with Crippen LogP contribution in [0.3, 0.4) is 0 Å². The first-order chi connectivity index (χ1) is 13.3. The highest BCUT2D eigenvalue weighted by Crippen LogP contribution is 2.72. The van der Waals surface area contributed by atoms with Gasteiger partial charge in [-0.25, -0.2) is 13.2 Å². The molecule has 0 radical (unpaired) electrons. The Kier molecular flexibility index (Phi) is 3.64. The van der Waals surface area contributed by atoms with Gasteiger partial charge in [-0.3, -0.25) is 0 Å². The van der Waals surface area contributed by atoms with Gasteiger partial charge in [0.05, 0.1) is 11.6 Å². The average Bonchev–Trinajstić information content (AvgIpc) is 2.87. The molecule has 3 atom stereocenters. The van der Waals surface area contributed by atoms with Crippen molar-refractivity contribution in [3.05, 3.63) is 58.4 Å². The van der Waals surface area contributed by atoms with Crippen LogP contribution < -0.4 is 4.74 Å². The van der Waals surface area contributed by atoms with Crippen molar-refractivity contribution in [2.24, 2.45) is 0 Å². The van der Waals surface area contributed by atoms with Crippen LogP contribution in [0.5, 0.6) is 11.5 Å². The van der Waals surface area contributed by atoms with E-state index in [0.717, 1.165) is 18.2 Å². The van der Waals surface area contributed by atoms with Gasteiger partial charge in [-0.2, -0.15) is 22.8 Å². The van der Waals surface area contributed by atoms with E-state index in [4.69, 9.17) is 10.00 Å². The molecule has 3 nitrogen and oxygen atoms in total. The van der Waals surface area contributed by atoms with E-state index < -0.39 is 63.3 Å². The van der Waals surface area contributed by atoms with Gasteiger partial charge in [-0.05, 0) is 31.2 Å². The molecule has 2 aromatic rings. The Bertz CT molecular complexity index is 1090. The van der Waals surface area contributed by atoms with Crippen molar-refractivity contribution < 1.29 is 40.6 Å². The third-order valence-electron chi connectivity index (χ3n) is 5.46. The number of halogens is 7. The van der Waals surface area contributed by atoms with Gasteiger partial charge in [-0.1, -0.05) is 0 Å². The lowest BCUT2D eigenvalue weighted by Gasteiger charge is -2.38. The third-order valence-corrected chi connectivity index (χ3v) is 5.46. The summed E-state index contributed by atoms with van der Waals surface area (Å²) < 4.78 is 106. The van der Waals surface area contributed by atoms with E-state index in [0.29, 0.717) is 12.1 Å². The minimum Gasteiger partial charge on any atom is -0.457 e. The van der Waals surface area contributed by atoms with Gasteiger partial charge < -0.3 is 9.84 Å². The van der Waals surface area contributed by atoms with Crippen molar-refractivity contribution >= 4 is 0 Å². The number of aliphatic hydroxyl groups is 1. The van der Waals surface area contributed by atoms with Crippen LogP contribution in [0.4, 0.5) is 30.7 Å². The number of hydrogen-bond acceptors (Lipinski definition) is 3. The molecule has 0 aromatic heterocycles. The fourth-order valence-electron chi connectivity index (χ4n) is 3.96. The van der Waals surface area contributed by atoms with E-state index in [-0.39, 0.29) is 12.5 Å². The van der Waals surface area contributed by atoms with Gasteiger partial charge >= 0.3 is 11.8 Å².